The van der Waals surface area contributed by atoms with Gasteiger partial charge in [-0.05, 0) is 46.5 Å². The van der Waals surface area contributed by atoms with Crippen LogP contribution in [0.3, 0.4) is 0 Å². The van der Waals surface area contributed by atoms with E-state index in [9.17, 15) is 4.79 Å². The summed E-state index contributed by atoms with van der Waals surface area (Å²) in [7, 11) is 1.79. The van der Waals surface area contributed by atoms with Crippen LogP contribution in [-0.2, 0) is 0 Å². The van der Waals surface area contributed by atoms with Crippen LogP contribution in [0, 0.1) is 5.92 Å². The van der Waals surface area contributed by atoms with Crippen LogP contribution >= 0.6 is 27.5 Å². The number of hydrogen-bond donors (Lipinski definition) is 1. The Balaban J connectivity index is 2.66. The molecule has 0 aliphatic heterocycles. The van der Waals surface area contributed by atoms with E-state index in [1.807, 2.05) is 0 Å². The van der Waals surface area contributed by atoms with Gasteiger partial charge in [-0.15, -0.1) is 0 Å². The molecule has 19 heavy (non-hydrogen) atoms. The van der Waals surface area contributed by atoms with E-state index in [2.05, 4.69) is 29.8 Å². The van der Waals surface area contributed by atoms with Crippen LogP contribution < -0.4 is 5.73 Å². The van der Waals surface area contributed by atoms with Crippen LogP contribution in [0.5, 0.6) is 0 Å². The number of nitrogens with two attached hydrogens (primary N) is 1. The van der Waals surface area contributed by atoms with Crippen LogP contribution in [0.2, 0.25) is 5.02 Å². The Morgan fingerprint density at radius 2 is 2.11 bits per heavy atom. The smallest absolute Gasteiger partial charge is 0.254 e. The maximum atomic E-state index is 12.3. The van der Waals surface area contributed by atoms with Crippen LogP contribution in [0.1, 0.15) is 30.6 Å². The minimum Gasteiger partial charge on any atom is -0.342 e. The molecule has 1 amide bonds. The molecule has 0 heterocycles. The number of halogens is 2. The molecule has 3 nitrogen and oxygen atoms in total. The van der Waals surface area contributed by atoms with Gasteiger partial charge in [-0.3, -0.25) is 4.79 Å². The van der Waals surface area contributed by atoms with Crippen molar-refractivity contribution in [3.8, 4) is 0 Å². The van der Waals surface area contributed by atoms with Gasteiger partial charge in [0.2, 0.25) is 0 Å². The van der Waals surface area contributed by atoms with E-state index in [1.54, 1.807) is 30.1 Å². The lowest BCUT2D eigenvalue weighted by Gasteiger charge is -2.22. The Kier molecular flexibility index (Phi) is 6.30. The third kappa shape index (κ3) is 4.79. The largest absolute Gasteiger partial charge is 0.342 e. The molecule has 0 saturated carbocycles. The number of rotatable bonds is 5. The van der Waals surface area contributed by atoms with Gasteiger partial charge in [0, 0.05) is 29.1 Å². The first-order valence-corrected chi connectivity index (χ1v) is 7.46. The lowest BCUT2D eigenvalue weighted by molar-refractivity contribution is 0.0788. The lowest BCUT2D eigenvalue weighted by Crippen LogP contribution is -2.34. The zero-order chi connectivity index (χ0) is 14.6. The van der Waals surface area contributed by atoms with Crippen LogP contribution in [0.25, 0.3) is 0 Å². The molecule has 1 aromatic carbocycles. The molecule has 0 aliphatic rings. The summed E-state index contributed by atoms with van der Waals surface area (Å²) in [5.74, 6) is 0.394. The summed E-state index contributed by atoms with van der Waals surface area (Å²) >= 11 is 9.23. The van der Waals surface area contributed by atoms with Crippen molar-refractivity contribution in [2.24, 2.45) is 11.7 Å². The summed E-state index contributed by atoms with van der Waals surface area (Å²) in [5, 5.41) is 0.605. The van der Waals surface area contributed by atoms with Crippen molar-refractivity contribution >= 4 is 33.4 Å². The summed E-state index contributed by atoms with van der Waals surface area (Å²) in [4.78, 5) is 14.0. The number of hydrogen-bond acceptors (Lipinski definition) is 2. The van der Waals surface area contributed by atoms with Gasteiger partial charge in [0.25, 0.3) is 5.91 Å². The molecule has 1 unspecified atom stereocenters. The molecule has 2 N–H and O–H groups in total. The Bertz CT molecular complexity index is 451. The number of benzene rings is 1. The molecule has 0 radical (unpaired) electrons. The highest BCUT2D eigenvalue weighted by atomic mass is 79.9. The molecule has 0 aromatic heterocycles. The van der Waals surface area contributed by atoms with E-state index in [1.165, 1.54) is 0 Å². The van der Waals surface area contributed by atoms with Gasteiger partial charge in [0.15, 0.2) is 0 Å². The predicted octanol–water partition coefficient (Wildman–Crippen LogP) is 3.55. The highest BCUT2D eigenvalue weighted by molar-refractivity contribution is 9.10. The van der Waals surface area contributed by atoms with Gasteiger partial charge in [-0.25, -0.2) is 0 Å². The molecule has 1 rings (SSSR count). The molecule has 5 heteroatoms. The van der Waals surface area contributed by atoms with Crippen molar-refractivity contribution in [2.75, 3.05) is 13.6 Å². The topological polar surface area (TPSA) is 46.3 Å². The van der Waals surface area contributed by atoms with E-state index >= 15 is 0 Å². The van der Waals surface area contributed by atoms with Gasteiger partial charge in [0.05, 0.1) is 5.56 Å². The van der Waals surface area contributed by atoms with Crippen molar-refractivity contribution in [3.05, 3.63) is 33.3 Å². The van der Waals surface area contributed by atoms with Crippen molar-refractivity contribution in [1.82, 2.24) is 4.90 Å². The molecule has 1 atom stereocenters. The second kappa shape index (κ2) is 7.27. The van der Waals surface area contributed by atoms with E-state index in [0.717, 1.165) is 6.42 Å². The lowest BCUT2D eigenvalue weighted by atomic mass is 10.0. The molecule has 106 valence electrons. The Morgan fingerprint density at radius 1 is 1.47 bits per heavy atom. The quantitative estimate of drug-likeness (QED) is 0.885. The fourth-order valence-corrected chi connectivity index (χ4v) is 2.50. The normalized spacial score (nSPS) is 12.6. The van der Waals surface area contributed by atoms with Crippen molar-refractivity contribution in [2.45, 2.75) is 26.3 Å². The molecule has 0 bridgehead atoms. The number of carbonyl (C=O) groups is 1. The summed E-state index contributed by atoms with van der Waals surface area (Å²) in [6, 6.07) is 5.28. The third-order valence-electron chi connectivity index (χ3n) is 3.16. The number of nitrogens with zero attached hydrogens (tertiary/aromatic N) is 1. The Morgan fingerprint density at radius 3 is 2.63 bits per heavy atom. The van der Waals surface area contributed by atoms with E-state index in [-0.39, 0.29) is 11.9 Å². The first-order valence-electron chi connectivity index (χ1n) is 6.29. The van der Waals surface area contributed by atoms with Crippen molar-refractivity contribution in [1.29, 1.82) is 0 Å². The van der Waals surface area contributed by atoms with Gasteiger partial charge in [-0.1, -0.05) is 25.4 Å². The number of amides is 1. The highest BCUT2D eigenvalue weighted by Crippen LogP contribution is 2.22. The molecule has 0 fully saturated rings. The van der Waals surface area contributed by atoms with Gasteiger partial charge >= 0.3 is 0 Å². The fraction of sp³-hybridized carbons (Fsp3) is 0.500. The summed E-state index contributed by atoms with van der Waals surface area (Å²) < 4.78 is 0.713. The van der Waals surface area contributed by atoms with Crippen LogP contribution in [0.15, 0.2) is 22.7 Å². The fourth-order valence-electron chi connectivity index (χ4n) is 1.65. The molecule has 1 aromatic rings. The minimum atomic E-state index is -0.0282. The third-order valence-corrected chi connectivity index (χ3v) is 4.05. The van der Waals surface area contributed by atoms with Gasteiger partial charge < -0.3 is 10.6 Å². The van der Waals surface area contributed by atoms with Crippen molar-refractivity contribution < 1.29 is 4.79 Å². The Hall–Kier alpha value is -0.580. The van der Waals surface area contributed by atoms with Gasteiger partial charge in [0.1, 0.15) is 0 Å². The predicted molar refractivity (Wildman–Crippen MR) is 83.5 cm³/mol. The summed E-state index contributed by atoms with van der Waals surface area (Å²) in [5.41, 5.74) is 6.60. The zero-order valence-electron chi connectivity index (χ0n) is 11.5. The van der Waals surface area contributed by atoms with Crippen LogP contribution in [-0.4, -0.2) is 30.4 Å². The van der Waals surface area contributed by atoms with Crippen molar-refractivity contribution in [3.63, 3.8) is 0 Å². The summed E-state index contributed by atoms with van der Waals surface area (Å²) in [6.07, 6.45) is 0.797. The molecule has 0 spiro atoms. The van der Waals surface area contributed by atoms with E-state index in [4.69, 9.17) is 17.3 Å². The first kappa shape index (κ1) is 16.5. The molecule has 0 saturated heterocycles. The highest BCUT2D eigenvalue weighted by Gasteiger charge is 2.16. The minimum absolute atomic E-state index is 0.0282. The van der Waals surface area contributed by atoms with E-state index in [0.29, 0.717) is 27.5 Å². The van der Waals surface area contributed by atoms with E-state index < -0.39 is 0 Å². The molecule has 0 aliphatic carbocycles. The molecular formula is C14H20BrClN2O. The maximum absolute atomic E-state index is 12.3. The monoisotopic (exact) mass is 346 g/mol. The first-order chi connectivity index (χ1) is 8.82. The molecular weight excluding hydrogens is 328 g/mol. The SMILES string of the molecule is CC(C)C(N)CCN(C)C(=O)c1ccc(Cl)cc1Br. The van der Waals surface area contributed by atoms with Gasteiger partial charge in [-0.2, -0.15) is 0 Å². The maximum Gasteiger partial charge on any atom is 0.254 e. The zero-order valence-corrected chi connectivity index (χ0v) is 13.8. The van der Waals surface area contributed by atoms with Crippen LogP contribution in [0.4, 0.5) is 0 Å². The Labute approximate surface area is 128 Å². The standard InChI is InChI=1S/C14H20BrClN2O/c1-9(2)13(17)6-7-18(3)14(19)11-5-4-10(16)8-12(11)15/h4-5,8-9,13H,6-7,17H2,1-3H3. The second-order valence-corrected chi connectivity index (χ2v) is 6.34. The average molecular weight is 348 g/mol. The second-order valence-electron chi connectivity index (χ2n) is 5.05. The average Bonchev–Trinajstić information content (AvgIpc) is 2.34. The summed E-state index contributed by atoms with van der Waals surface area (Å²) in [6.45, 7) is 4.82. The number of carbonyl (C=O) groups excluding carboxylic acids is 1.